The van der Waals surface area contributed by atoms with Crippen LogP contribution in [0.2, 0.25) is 5.02 Å². The Hall–Kier alpha value is -0.730. The highest BCUT2D eigenvalue weighted by Crippen LogP contribution is 2.62. The zero-order valence-corrected chi connectivity index (χ0v) is 10.8. The van der Waals surface area contributed by atoms with Gasteiger partial charge in [0.05, 0.1) is 12.1 Å². The zero-order chi connectivity index (χ0) is 12.0. The highest BCUT2D eigenvalue weighted by Gasteiger charge is 2.60. The Kier molecular flexibility index (Phi) is 2.67. The smallest absolute Gasteiger partial charge is 0.124 e. The Bertz CT molecular complexity index is 416. The quantitative estimate of drug-likeness (QED) is 0.878. The number of halogens is 1. The molecule has 1 atom stereocenters. The summed E-state index contributed by atoms with van der Waals surface area (Å²) in [5.74, 6) is 0.861. The molecule has 1 aliphatic rings. The molecule has 88 valence electrons. The first-order chi connectivity index (χ1) is 7.40. The minimum absolute atomic E-state index is 0.129. The van der Waals surface area contributed by atoms with E-state index in [1.54, 1.807) is 0 Å². The summed E-state index contributed by atoms with van der Waals surface area (Å²) in [6, 6.07) is 5.68. The number of nitrogens with two attached hydrogens (primary N) is 1. The van der Waals surface area contributed by atoms with Crippen LogP contribution in [0.5, 0.6) is 5.75 Å². The van der Waals surface area contributed by atoms with Crippen molar-refractivity contribution in [3.63, 3.8) is 0 Å². The molecule has 0 saturated heterocycles. The van der Waals surface area contributed by atoms with Crippen LogP contribution in [0.1, 0.15) is 32.8 Å². The van der Waals surface area contributed by atoms with E-state index in [0.717, 1.165) is 17.7 Å². The molecule has 0 amide bonds. The van der Waals surface area contributed by atoms with Crippen LogP contribution in [0.25, 0.3) is 0 Å². The molecule has 0 aromatic heterocycles. The lowest BCUT2D eigenvalue weighted by Gasteiger charge is -2.19. The average Bonchev–Trinajstić information content (AvgIpc) is 2.71. The number of rotatable bonds is 3. The number of ether oxygens (including phenoxy) is 1. The first-order valence-electron chi connectivity index (χ1n) is 5.62. The fourth-order valence-corrected chi connectivity index (χ4v) is 2.42. The Morgan fingerprint density at radius 2 is 2.06 bits per heavy atom. The summed E-state index contributed by atoms with van der Waals surface area (Å²) >= 11 is 6.03. The van der Waals surface area contributed by atoms with E-state index in [0.29, 0.717) is 11.6 Å². The van der Waals surface area contributed by atoms with E-state index in [4.69, 9.17) is 22.1 Å². The van der Waals surface area contributed by atoms with E-state index in [2.05, 4.69) is 13.8 Å². The van der Waals surface area contributed by atoms with E-state index < -0.39 is 0 Å². The second-order valence-electron chi connectivity index (χ2n) is 5.11. The standard InChI is InChI=1S/C13H18ClNO/c1-4-16-11-6-5-9(14)7-10(11)13(15)8-12(13,2)3/h5-7H,4,8,15H2,1-3H3. The molecule has 1 fully saturated rings. The second kappa shape index (κ2) is 3.64. The lowest BCUT2D eigenvalue weighted by Crippen LogP contribution is -2.26. The van der Waals surface area contributed by atoms with Crippen molar-refractivity contribution in [2.75, 3.05) is 6.61 Å². The molecule has 0 radical (unpaired) electrons. The summed E-state index contributed by atoms with van der Waals surface area (Å²) in [4.78, 5) is 0. The van der Waals surface area contributed by atoms with Crippen molar-refractivity contribution >= 4 is 11.6 Å². The minimum atomic E-state index is -0.289. The van der Waals surface area contributed by atoms with Crippen LogP contribution >= 0.6 is 11.6 Å². The van der Waals surface area contributed by atoms with Crippen LogP contribution in [-0.4, -0.2) is 6.61 Å². The SMILES string of the molecule is CCOc1ccc(Cl)cc1C1(N)CC1(C)C. The van der Waals surface area contributed by atoms with Gasteiger partial charge in [-0.25, -0.2) is 0 Å². The zero-order valence-electron chi connectivity index (χ0n) is 10.0. The molecule has 1 aliphatic carbocycles. The number of benzene rings is 1. The van der Waals surface area contributed by atoms with Gasteiger partial charge < -0.3 is 10.5 Å². The average molecular weight is 240 g/mol. The van der Waals surface area contributed by atoms with Crippen LogP contribution < -0.4 is 10.5 Å². The summed E-state index contributed by atoms with van der Waals surface area (Å²) < 4.78 is 5.61. The molecule has 1 aromatic rings. The van der Waals surface area contributed by atoms with Crippen LogP contribution in [0, 0.1) is 5.41 Å². The van der Waals surface area contributed by atoms with Gasteiger partial charge >= 0.3 is 0 Å². The molecule has 1 saturated carbocycles. The molecule has 3 heteroatoms. The van der Waals surface area contributed by atoms with Crippen molar-refractivity contribution in [1.82, 2.24) is 0 Å². The van der Waals surface area contributed by atoms with Crippen molar-refractivity contribution in [3.8, 4) is 5.75 Å². The third kappa shape index (κ3) is 1.70. The molecular formula is C13H18ClNO. The molecule has 16 heavy (non-hydrogen) atoms. The molecule has 2 N–H and O–H groups in total. The van der Waals surface area contributed by atoms with Crippen molar-refractivity contribution in [2.24, 2.45) is 11.1 Å². The van der Waals surface area contributed by atoms with Gasteiger partial charge in [0, 0.05) is 10.6 Å². The molecule has 0 heterocycles. The van der Waals surface area contributed by atoms with E-state index >= 15 is 0 Å². The second-order valence-corrected chi connectivity index (χ2v) is 5.54. The third-order valence-electron chi connectivity index (χ3n) is 3.53. The monoisotopic (exact) mass is 239 g/mol. The van der Waals surface area contributed by atoms with E-state index in [-0.39, 0.29) is 11.0 Å². The fourth-order valence-electron chi connectivity index (χ4n) is 2.24. The van der Waals surface area contributed by atoms with Crippen LogP contribution in [-0.2, 0) is 5.54 Å². The summed E-state index contributed by atoms with van der Waals surface area (Å²) in [5.41, 5.74) is 7.28. The van der Waals surface area contributed by atoms with Gasteiger partial charge in [0.25, 0.3) is 0 Å². The van der Waals surface area contributed by atoms with Crippen molar-refractivity contribution in [3.05, 3.63) is 28.8 Å². The van der Waals surface area contributed by atoms with Crippen LogP contribution in [0.15, 0.2) is 18.2 Å². The van der Waals surface area contributed by atoms with E-state index in [9.17, 15) is 0 Å². The third-order valence-corrected chi connectivity index (χ3v) is 3.76. The first kappa shape index (κ1) is 11.7. The van der Waals surface area contributed by atoms with Gasteiger partial charge in [-0.05, 0) is 37.0 Å². The maximum absolute atomic E-state index is 6.41. The topological polar surface area (TPSA) is 35.2 Å². The van der Waals surface area contributed by atoms with Crippen molar-refractivity contribution in [2.45, 2.75) is 32.7 Å². The normalized spacial score (nSPS) is 26.6. The maximum atomic E-state index is 6.41. The molecule has 2 rings (SSSR count). The summed E-state index contributed by atoms with van der Waals surface area (Å²) in [7, 11) is 0. The Labute approximate surface area is 102 Å². The lowest BCUT2D eigenvalue weighted by molar-refractivity contribution is 0.330. The number of hydrogen-bond donors (Lipinski definition) is 1. The van der Waals surface area contributed by atoms with Crippen LogP contribution in [0.4, 0.5) is 0 Å². The van der Waals surface area contributed by atoms with Gasteiger partial charge in [-0.2, -0.15) is 0 Å². The molecule has 0 spiro atoms. The van der Waals surface area contributed by atoms with Crippen molar-refractivity contribution in [1.29, 1.82) is 0 Å². The highest BCUT2D eigenvalue weighted by molar-refractivity contribution is 6.30. The predicted octanol–water partition coefficient (Wildman–Crippen LogP) is 3.32. The molecule has 2 nitrogen and oxygen atoms in total. The molecular weight excluding hydrogens is 222 g/mol. The molecule has 0 aliphatic heterocycles. The summed E-state index contributed by atoms with van der Waals surface area (Å²) in [6.07, 6.45) is 0.973. The molecule has 0 bridgehead atoms. The largest absolute Gasteiger partial charge is 0.494 e. The summed E-state index contributed by atoms with van der Waals surface area (Å²) in [6.45, 7) is 6.96. The Balaban J connectivity index is 2.43. The minimum Gasteiger partial charge on any atom is -0.494 e. The van der Waals surface area contributed by atoms with Gasteiger partial charge in [0.2, 0.25) is 0 Å². The molecule has 1 aromatic carbocycles. The maximum Gasteiger partial charge on any atom is 0.124 e. The Morgan fingerprint density at radius 1 is 1.44 bits per heavy atom. The molecule has 1 unspecified atom stereocenters. The highest BCUT2D eigenvalue weighted by atomic mass is 35.5. The summed E-state index contributed by atoms with van der Waals surface area (Å²) in [5, 5.41) is 0.714. The Morgan fingerprint density at radius 3 is 2.56 bits per heavy atom. The predicted molar refractivity (Wildman–Crippen MR) is 66.9 cm³/mol. The van der Waals surface area contributed by atoms with Gasteiger partial charge in [0.1, 0.15) is 5.75 Å². The van der Waals surface area contributed by atoms with Gasteiger partial charge in [-0.3, -0.25) is 0 Å². The first-order valence-corrected chi connectivity index (χ1v) is 6.00. The van der Waals surface area contributed by atoms with Crippen LogP contribution in [0.3, 0.4) is 0 Å². The van der Waals surface area contributed by atoms with Crippen molar-refractivity contribution < 1.29 is 4.74 Å². The van der Waals surface area contributed by atoms with Gasteiger partial charge in [0.15, 0.2) is 0 Å². The van der Waals surface area contributed by atoms with E-state index in [1.807, 2.05) is 25.1 Å². The fraction of sp³-hybridized carbons (Fsp3) is 0.538. The van der Waals surface area contributed by atoms with E-state index in [1.165, 1.54) is 0 Å². The van der Waals surface area contributed by atoms with Gasteiger partial charge in [-0.15, -0.1) is 0 Å². The van der Waals surface area contributed by atoms with Gasteiger partial charge in [-0.1, -0.05) is 25.4 Å². The lowest BCUT2D eigenvalue weighted by atomic mass is 9.96. The number of hydrogen-bond acceptors (Lipinski definition) is 2.